The third-order valence-electron chi connectivity index (χ3n) is 6.66. The lowest BCUT2D eigenvalue weighted by Gasteiger charge is -2.32. The van der Waals surface area contributed by atoms with E-state index in [-0.39, 0.29) is 11.8 Å². The molecule has 0 bridgehead atoms. The fourth-order valence-corrected chi connectivity index (χ4v) is 4.85. The normalized spacial score (nSPS) is 16.1. The van der Waals surface area contributed by atoms with Crippen molar-refractivity contribution in [2.45, 2.75) is 25.3 Å². The van der Waals surface area contributed by atoms with Crippen LogP contribution in [0.2, 0.25) is 0 Å². The third-order valence-corrected chi connectivity index (χ3v) is 6.66. The number of anilines is 1. The van der Waals surface area contributed by atoms with Crippen LogP contribution in [0.15, 0.2) is 67.3 Å². The van der Waals surface area contributed by atoms with E-state index in [4.69, 9.17) is 12.8 Å². The summed E-state index contributed by atoms with van der Waals surface area (Å²) >= 11 is 0. The van der Waals surface area contributed by atoms with Gasteiger partial charge in [-0.05, 0) is 36.0 Å². The number of carbonyl (C=O) groups is 1. The molecule has 5 aromatic rings. The number of piperidine rings is 1. The molecule has 2 radical (unpaired) electrons. The first-order valence-electron chi connectivity index (χ1n) is 11.8. The van der Waals surface area contributed by atoms with Gasteiger partial charge in [0.25, 0.3) is 5.91 Å². The largest absolute Gasteiger partial charge is 0.366 e. The molecule has 5 heterocycles. The van der Waals surface area contributed by atoms with Crippen molar-refractivity contribution < 1.29 is 4.79 Å². The summed E-state index contributed by atoms with van der Waals surface area (Å²) in [5.41, 5.74) is 4.80. The van der Waals surface area contributed by atoms with Crippen LogP contribution in [0.25, 0.3) is 16.6 Å². The summed E-state index contributed by atoms with van der Waals surface area (Å²) in [6.07, 6.45) is 8.89. The van der Waals surface area contributed by atoms with Crippen molar-refractivity contribution in [1.29, 1.82) is 0 Å². The highest BCUT2D eigenvalue weighted by Gasteiger charge is 2.28. The van der Waals surface area contributed by atoms with Crippen LogP contribution in [0.4, 0.5) is 5.82 Å². The van der Waals surface area contributed by atoms with E-state index in [1.807, 2.05) is 59.8 Å². The van der Waals surface area contributed by atoms with Crippen LogP contribution in [0, 0.1) is 0 Å². The SMILES string of the molecule is [B]c1cnn2c(NCc3cccnc3)cc(C3CCCN(C(=O)c4c[nH]c5ccccc45)C3)nc12. The van der Waals surface area contributed by atoms with Gasteiger partial charge in [-0.25, -0.2) is 4.98 Å². The first-order chi connectivity index (χ1) is 17.2. The molecule has 35 heavy (non-hydrogen) atoms. The van der Waals surface area contributed by atoms with Gasteiger partial charge in [0, 0.05) is 67.3 Å². The molecule has 0 aliphatic carbocycles. The lowest BCUT2D eigenvalue weighted by Crippen LogP contribution is -2.39. The van der Waals surface area contributed by atoms with Crippen molar-refractivity contribution in [3.05, 3.63) is 84.1 Å². The van der Waals surface area contributed by atoms with Crippen LogP contribution in [0.3, 0.4) is 0 Å². The van der Waals surface area contributed by atoms with Crippen molar-refractivity contribution in [3.8, 4) is 0 Å². The van der Waals surface area contributed by atoms with Crippen molar-refractivity contribution in [2.24, 2.45) is 0 Å². The summed E-state index contributed by atoms with van der Waals surface area (Å²) in [6, 6.07) is 13.9. The van der Waals surface area contributed by atoms with Crippen molar-refractivity contribution in [2.75, 3.05) is 18.4 Å². The number of nitrogens with zero attached hydrogens (tertiary/aromatic N) is 5. The van der Waals surface area contributed by atoms with Crippen LogP contribution in [-0.2, 0) is 6.54 Å². The Morgan fingerprint density at radius 2 is 2.11 bits per heavy atom. The van der Waals surface area contributed by atoms with E-state index in [1.165, 1.54) is 0 Å². The Balaban J connectivity index is 1.28. The zero-order valence-corrected chi connectivity index (χ0v) is 19.2. The Morgan fingerprint density at radius 3 is 3.00 bits per heavy atom. The van der Waals surface area contributed by atoms with Crippen LogP contribution in [-0.4, -0.2) is 56.3 Å². The number of pyridine rings is 1. The quantitative estimate of drug-likeness (QED) is 0.393. The molecule has 1 amide bonds. The minimum absolute atomic E-state index is 0.0482. The summed E-state index contributed by atoms with van der Waals surface area (Å²) in [7, 11) is 6.19. The molecule has 9 heteroatoms. The van der Waals surface area contributed by atoms with E-state index in [9.17, 15) is 4.79 Å². The number of hydrogen-bond donors (Lipinski definition) is 2. The molecule has 1 aromatic carbocycles. The number of amides is 1. The number of likely N-dealkylation sites (tertiary alicyclic amines) is 1. The first-order valence-corrected chi connectivity index (χ1v) is 11.8. The van der Waals surface area contributed by atoms with Crippen LogP contribution >= 0.6 is 0 Å². The van der Waals surface area contributed by atoms with Gasteiger partial charge in [-0.15, -0.1) is 0 Å². The summed E-state index contributed by atoms with van der Waals surface area (Å²) < 4.78 is 1.73. The lowest BCUT2D eigenvalue weighted by atomic mass is 9.93. The lowest BCUT2D eigenvalue weighted by molar-refractivity contribution is 0.0708. The maximum absolute atomic E-state index is 13.4. The summed E-state index contributed by atoms with van der Waals surface area (Å²) in [6.45, 7) is 1.94. The molecule has 0 spiro atoms. The van der Waals surface area contributed by atoms with Crippen molar-refractivity contribution in [3.63, 3.8) is 0 Å². The van der Waals surface area contributed by atoms with E-state index in [2.05, 4.69) is 20.4 Å². The number of H-pyrrole nitrogens is 1. The van der Waals surface area contributed by atoms with Gasteiger partial charge in [0.2, 0.25) is 0 Å². The van der Waals surface area contributed by atoms with Gasteiger partial charge in [-0.1, -0.05) is 24.3 Å². The van der Waals surface area contributed by atoms with E-state index >= 15 is 0 Å². The Hall–Kier alpha value is -4.14. The minimum Gasteiger partial charge on any atom is -0.366 e. The van der Waals surface area contributed by atoms with Gasteiger partial charge >= 0.3 is 0 Å². The van der Waals surface area contributed by atoms with Gasteiger partial charge in [-0.3, -0.25) is 9.78 Å². The Kier molecular flexibility index (Phi) is 5.44. The topological polar surface area (TPSA) is 91.2 Å². The molecule has 1 atom stereocenters. The molecule has 1 fully saturated rings. The Bertz CT molecular complexity index is 1510. The Labute approximate surface area is 203 Å². The predicted molar refractivity (Wildman–Crippen MR) is 136 cm³/mol. The molecule has 172 valence electrons. The number of fused-ring (bicyclic) bond motifs is 2. The molecule has 6 rings (SSSR count). The first kappa shape index (κ1) is 21.4. The molecule has 1 aliphatic heterocycles. The molecule has 1 saturated heterocycles. The average Bonchev–Trinajstić information content (AvgIpc) is 3.51. The smallest absolute Gasteiger partial charge is 0.256 e. The van der Waals surface area contributed by atoms with Gasteiger partial charge in [0.1, 0.15) is 13.7 Å². The number of aromatic nitrogens is 5. The van der Waals surface area contributed by atoms with E-state index in [0.29, 0.717) is 29.8 Å². The molecule has 1 aliphatic rings. The predicted octanol–water partition coefficient (Wildman–Crippen LogP) is 3.03. The summed E-state index contributed by atoms with van der Waals surface area (Å²) in [5.74, 6) is 0.966. The highest BCUT2D eigenvalue weighted by Crippen LogP contribution is 2.30. The molecular weight excluding hydrogens is 437 g/mol. The molecule has 0 saturated carbocycles. The van der Waals surface area contributed by atoms with Gasteiger partial charge in [0.05, 0.1) is 11.3 Å². The number of rotatable bonds is 5. The second kappa shape index (κ2) is 8.90. The molecule has 8 nitrogen and oxygen atoms in total. The third kappa shape index (κ3) is 4.03. The van der Waals surface area contributed by atoms with Crippen molar-refractivity contribution >= 4 is 41.6 Å². The number of hydrogen-bond acceptors (Lipinski definition) is 5. The van der Waals surface area contributed by atoms with Crippen molar-refractivity contribution in [1.82, 2.24) is 29.5 Å². The van der Waals surface area contributed by atoms with E-state index < -0.39 is 0 Å². The number of carbonyl (C=O) groups excluding carboxylic acids is 1. The fourth-order valence-electron chi connectivity index (χ4n) is 4.85. The van der Waals surface area contributed by atoms with Gasteiger partial charge in [-0.2, -0.15) is 9.61 Å². The highest BCUT2D eigenvalue weighted by molar-refractivity contribution is 6.36. The van der Waals surface area contributed by atoms with Crippen LogP contribution < -0.4 is 10.8 Å². The Morgan fingerprint density at radius 1 is 1.20 bits per heavy atom. The standard InChI is InChI=1S/C26H24BN7O/c27-21-15-31-34-24(30-13-17-5-3-9-28-12-17)11-23(32-25(21)34)18-6-4-10-33(16-18)26(35)20-14-29-22-8-2-1-7-19(20)22/h1-3,5,7-9,11-12,14-15,18,29-30H,4,6,10,13,16H2. The van der Waals surface area contributed by atoms with E-state index in [1.54, 1.807) is 16.9 Å². The summed E-state index contributed by atoms with van der Waals surface area (Å²) in [5, 5.41) is 8.81. The second-order valence-electron chi connectivity index (χ2n) is 8.95. The zero-order valence-electron chi connectivity index (χ0n) is 19.2. The van der Waals surface area contributed by atoms with Gasteiger partial charge < -0.3 is 15.2 Å². The summed E-state index contributed by atoms with van der Waals surface area (Å²) in [4.78, 5) is 27.6. The molecule has 4 aromatic heterocycles. The molecule has 2 N–H and O–H groups in total. The van der Waals surface area contributed by atoms with E-state index in [0.717, 1.165) is 47.4 Å². The second-order valence-corrected chi connectivity index (χ2v) is 8.95. The number of para-hydroxylation sites is 1. The highest BCUT2D eigenvalue weighted by atomic mass is 16.2. The number of aromatic amines is 1. The average molecular weight is 461 g/mol. The number of benzene rings is 1. The zero-order chi connectivity index (χ0) is 23.8. The minimum atomic E-state index is 0.0482. The molecule has 1 unspecified atom stereocenters. The van der Waals surface area contributed by atoms with Crippen LogP contribution in [0.5, 0.6) is 0 Å². The molecular formula is C26H24BN7O. The van der Waals surface area contributed by atoms with Gasteiger partial charge in [0.15, 0.2) is 5.65 Å². The van der Waals surface area contributed by atoms with Crippen LogP contribution in [0.1, 0.15) is 40.4 Å². The fraction of sp³-hybridized carbons (Fsp3) is 0.231. The monoisotopic (exact) mass is 461 g/mol. The number of nitrogens with one attached hydrogen (secondary N) is 2. The maximum atomic E-state index is 13.4. The maximum Gasteiger partial charge on any atom is 0.256 e.